The fourth-order valence-corrected chi connectivity index (χ4v) is 3.50. The molecule has 1 aliphatic rings. The first kappa shape index (κ1) is 16.2. The number of aryl methyl sites for hydroxylation is 2. The number of aromatic nitrogens is 3. The third-order valence-corrected chi connectivity index (χ3v) is 4.61. The van der Waals surface area contributed by atoms with Crippen molar-refractivity contribution in [3.63, 3.8) is 0 Å². The minimum Gasteiger partial charge on any atom is -0.424 e. The summed E-state index contributed by atoms with van der Waals surface area (Å²) in [6.07, 6.45) is 1.02. The van der Waals surface area contributed by atoms with E-state index in [4.69, 9.17) is 13.7 Å². The van der Waals surface area contributed by atoms with Crippen molar-refractivity contribution in [2.24, 2.45) is 5.41 Å². The largest absolute Gasteiger partial charge is 0.424 e. The molecule has 1 saturated heterocycles. The van der Waals surface area contributed by atoms with Crippen molar-refractivity contribution in [3.05, 3.63) is 28.8 Å². The Morgan fingerprint density at radius 2 is 1.91 bits per heavy atom. The first-order valence-electron chi connectivity index (χ1n) is 8.16. The molecule has 3 atom stereocenters. The first-order valence-corrected chi connectivity index (χ1v) is 8.16. The highest BCUT2D eigenvalue weighted by molar-refractivity contribution is 5.29. The summed E-state index contributed by atoms with van der Waals surface area (Å²) in [6.45, 7) is 13.2. The molecule has 0 aromatic carbocycles. The molecule has 0 amide bonds. The smallest absolute Gasteiger partial charge is 0.223 e. The van der Waals surface area contributed by atoms with E-state index in [0.717, 1.165) is 30.0 Å². The van der Waals surface area contributed by atoms with Gasteiger partial charge in [0.05, 0.1) is 23.6 Å². The van der Waals surface area contributed by atoms with Crippen LogP contribution in [-0.4, -0.2) is 28.1 Å². The summed E-state index contributed by atoms with van der Waals surface area (Å²) >= 11 is 0. The van der Waals surface area contributed by atoms with Crippen molar-refractivity contribution >= 4 is 0 Å². The Morgan fingerprint density at radius 3 is 2.52 bits per heavy atom. The van der Waals surface area contributed by atoms with Gasteiger partial charge in [-0.3, -0.25) is 0 Å². The van der Waals surface area contributed by atoms with Crippen molar-refractivity contribution in [3.8, 4) is 0 Å². The molecule has 6 nitrogen and oxygen atoms in total. The molecule has 3 heterocycles. The number of hydrogen-bond acceptors (Lipinski definition) is 6. The summed E-state index contributed by atoms with van der Waals surface area (Å²) < 4.78 is 17.2. The van der Waals surface area contributed by atoms with Gasteiger partial charge in [-0.25, -0.2) is 0 Å². The predicted octanol–water partition coefficient (Wildman–Crippen LogP) is 3.74. The van der Waals surface area contributed by atoms with E-state index in [-0.39, 0.29) is 23.4 Å². The van der Waals surface area contributed by atoms with E-state index in [0.29, 0.717) is 11.8 Å². The highest BCUT2D eigenvalue weighted by Gasteiger charge is 2.41. The average Bonchev–Trinajstić information content (AvgIpc) is 3.16. The van der Waals surface area contributed by atoms with E-state index >= 15 is 0 Å². The van der Waals surface area contributed by atoms with Gasteiger partial charge in [-0.2, -0.15) is 0 Å². The van der Waals surface area contributed by atoms with Gasteiger partial charge in [0.1, 0.15) is 5.76 Å². The van der Waals surface area contributed by atoms with Gasteiger partial charge >= 0.3 is 0 Å². The minimum absolute atomic E-state index is 0.0297. The SMILES string of the molecule is Cc1noc(C)c1[C@@H](C)c1nnc([C@H]2CCO[C@@H]2C(C)(C)C)o1. The molecule has 0 N–H and O–H groups in total. The Bertz CT molecular complexity index is 664. The van der Waals surface area contributed by atoms with Gasteiger partial charge in [-0.05, 0) is 32.6 Å². The Hall–Kier alpha value is -1.69. The highest BCUT2D eigenvalue weighted by Crippen LogP contribution is 2.41. The molecule has 1 aliphatic heterocycles. The molecule has 0 aliphatic carbocycles. The van der Waals surface area contributed by atoms with Crippen LogP contribution in [0.15, 0.2) is 8.94 Å². The molecular weight excluding hydrogens is 294 g/mol. The molecule has 0 bridgehead atoms. The first-order chi connectivity index (χ1) is 10.8. The zero-order chi connectivity index (χ0) is 16.8. The fraction of sp³-hybridized carbons (Fsp3) is 0.706. The molecule has 6 heteroatoms. The molecule has 2 aromatic heterocycles. The fourth-order valence-electron chi connectivity index (χ4n) is 3.50. The third-order valence-electron chi connectivity index (χ3n) is 4.61. The highest BCUT2D eigenvalue weighted by atomic mass is 16.5. The van der Waals surface area contributed by atoms with Gasteiger partial charge in [0.15, 0.2) is 0 Å². The van der Waals surface area contributed by atoms with Gasteiger partial charge in [0, 0.05) is 12.2 Å². The van der Waals surface area contributed by atoms with Crippen LogP contribution >= 0.6 is 0 Å². The van der Waals surface area contributed by atoms with Gasteiger partial charge in [0.25, 0.3) is 0 Å². The number of ether oxygens (including phenoxy) is 1. The van der Waals surface area contributed by atoms with Gasteiger partial charge in [-0.15, -0.1) is 10.2 Å². The maximum atomic E-state index is 6.02. The van der Waals surface area contributed by atoms with Crippen LogP contribution in [0.4, 0.5) is 0 Å². The van der Waals surface area contributed by atoms with Gasteiger partial charge in [0.2, 0.25) is 11.8 Å². The third kappa shape index (κ3) is 2.92. The monoisotopic (exact) mass is 319 g/mol. The molecule has 2 aromatic rings. The zero-order valence-electron chi connectivity index (χ0n) is 14.7. The second-order valence-electron chi connectivity index (χ2n) is 7.49. The van der Waals surface area contributed by atoms with E-state index in [1.54, 1.807) is 0 Å². The van der Waals surface area contributed by atoms with Crippen molar-refractivity contribution in [1.82, 2.24) is 15.4 Å². The number of rotatable bonds is 3. The van der Waals surface area contributed by atoms with Crippen LogP contribution in [0.3, 0.4) is 0 Å². The van der Waals surface area contributed by atoms with Crippen LogP contribution in [-0.2, 0) is 4.74 Å². The molecule has 0 spiro atoms. The van der Waals surface area contributed by atoms with Crippen LogP contribution in [0.1, 0.15) is 74.8 Å². The molecule has 0 radical (unpaired) electrons. The normalized spacial score (nSPS) is 23.4. The van der Waals surface area contributed by atoms with E-state index in [2.05, 4.69) is 36.1 Å². The van der Waals surface area contributed by atoms with Crippen LogP contribution in [0.25, 0.3) is 0 Å². The lowest BCUT2D eigenvalue weighted by Crippen LogP contribution is -2.30. The second-order valence-corrected chi connectivity index (χ2v) is 7.49. The number of nitrogens with zero attached hydrogens (tertiary/aromatic N) is 3. The maximum Gasteiger partial charge on any atom is 0.223 e. The lowest BCUT2D eigenvalue weighted by Gasteiger charge is -2.29. The summed E-state index contributed by atoms with van der Waals surface area (Å²) in [4.78, 5) is 0. The van der Waals surface area contributed by atoms with Crippen LogP contribution < -0.4 is 0 Å². The van der Waals surface area contributed by atoms with Crippen LogP contribution in [0.5, 0.6) is 0 Å². The summed E-state index contributed by atoms with van der Waals surface area (Å²) in [6, 6.07) is 0. The molecule has 1 fully saturated rings. The lowest BCUT2D eigenvalue weighted by molar-refractivity contribution is 0.0170. The Balaban J connectivity index is 1.86. The lowest BCUT2D eigenvalue weighted by atomic mass is 9.81. The standard InChI is InChI=1S/C17H25N3O3/c1-9(13-10(2)20-23-11(13)3)15-18-19-16(22-15)12-7-8-21-14(12)17(4,5)6/h9,12,14H,7-8H2,1-6H3/t9-,12+,14+/m1/s1. The average molecular weight is 319 g/mol. The van der Waals surface area contributed by atoms with Crippen molar-refractivity contribution in [2.45, 2.75) is 65.9 Å². The van der Waals surface area contributed by atoms with Crippen molar-refractivity contribution < 1.29 is 13.7 Å². The molecule has 23 heavy (non-hydrogen) atoms. The van der Waals surface area contributed by atoms with Crippen molar-refractivity contribution in [2.75, 3.05) is 6.61 Å². The zero-order valence-corrected chi connectivity index (χ0v) is 14.7. The minimum atomic E-state index is -0.0297. The molecule has 0 unspecified atom stereocenters. The van der Waals surface area contributed by atoms with Crippen LogP contribution in [0.2, 0.25) is 0 Å². The number of hydrogen-bond donors (Lipinski definition) is 0. The summed E-state index contributed by atoms with van der Waals surface area (Å²) in [5.41, 5.74) is 1.94. The van der Waals surface area contributed by atoms with Gasteiger partial charge in [-0.1, -0.05) is 25.9 Å². The summed E-state index contributed by atoms with van der Waals surface area (Å²) in [7, 11) is 0. The molecule has 0 saturated carbocycles. The molecule has 3 rings (SSSR count). The second kappa shape index (κ2) is 5.74. The van der Waals surface area contributed by atoms with E-state index < -0.39 is 0 Å². The van der Waals surface area contributed by atoms with Crippen molar-refractivity contribution in [1.29, 1.82) is 0 Å². The predicted molar refractivity (Wildman–Crippen MR) is 84.3 cm³/mol. The summed E-state index contributed by atoms with van der Waals surface area (Å²) in [5, 5.41) is 12.6. The Labute approximate surface area is 136 Å². The van der Waals surface area contributed by atoms with Gasteiger partial charge < -0.3 is 13.7 Å². The Morgan fingerprint density at radius 1 is 1.17 bits per heavy atom. The summed E-state index contributed by atoms with van der Waals surface area (Å²) in [5.74, 6) is 2.21. The molecule has 126 valence electrons. The van der Waals surface area contributed by atoms with E-state index in [1.807, 2.05) is 20.8 Å². The quantitative estimate of drug-likeness (QED) is 0.858. The molecular formula is C17H25N3O3. The van der Waals surface area contributed by atoms with E-state index in [1.165, 1.54) is 0 Å². The topological polar surface area (TPSA) is 74.2 Å². The maximum absolute atomic E-state index is 6.02. The Kier molecular flexibility index (Phi) is 4.04. The van der Waals surface area contributed by atoms with E-state index in [9.17, 15) is 0 Å². The van der Waals surface area contributed by atoms with Crippen LogP contribution in [0, 0.1) is 19.3 Å².